The van der Waals surface area contributed by atoms with E-state index >= 15 is 0 Å². The summed E-state index contributed by atoms with van der Waals surface area (Å²) < 4.78 is 15.3. The highest BCUT2D eigenvalue weighted by Gasteiger charge is 2.23. The number of Topliss-reactive ketones (excluding diaryl/α,β-unsaturated/α-hetero) is 1. The Hall–Kier alpha value is -2.57. The van der Waals surface area contributed by atoms with Gasteiger partial charge in [-0.25, -0.2) is 4.79 Å². The maximum atomic E-state index is 12.0. The fraction of sp³-hybridized carbons (Fsp3) is 0.438. The van der Waals surface area contributed by atoms with Gasteiger partial charge in [0.15, 0.2) is 30.5 Å². The molecule has 0 unspecified atom stereocenters. The summed E-state index contributed by atoms with van der Waals surface area (Å²) in [7, 11) is 1.39. The molecular weight excluding hydrogens is 302 g/mol. The first-order chi connectivity index (χ1) is 10.6. The molecule has 0 atom stereocenters. The summed E-state index contributed by atoms with van der Waals surface area (Å²) in [5, 5.41) is 0. The van der Waals surface area contributed by atoms with Gasteiger partial charge in [-0.1, -0.05) is 20.8 Å². The number of hydrogen-bond donors (Lipinski definition) is 1. The lowest BCUT2D eigenvalue weighted by molar-refractivity contribution is -0.129. The number of rotatable bonds is 7. The Kier molecular flexibility index (Phi) is 6.12. The van der Waals surface area contributed by atoms with Crippen molar-refractivity contribution >= 4 is 17.7 Å². The predicted molar refractivity (Wildman–Crippen MR) is 82.4 cm³/mol. The van der Waals surface area contributed by atoms with Crippen LogP contribution < -0.4 is 15.2 Å². The van der Waals surface area contributed by atoms with Gasteiger partial charge in [-0.3, -0.25) is 9.59 Å². The van der Waals surface area contributed by atoms with Gasteiger partial charge in [0.1, 0.15) is 0 Å². The largest absolute Gasteiger partial charge is 0.493 e. The van der Waals surface area contributed by atoms with Crippen LogP contribution in [0.2, 0.25) is 0 Å². The molecule has 1 aromatic rings. The number of amides is 1. The molecule has 2 N–H and O–H groups in total. The van der Waals surface area contributed by atoms with Crippen molar-refractivity contribution in [1.29, 1.82) is 0 Å². The maximum Gasteiger partial charge on any atom is 0.338 e. The summed E-state index contributed by atoms with van der Waals surface area (Å²) in [5.41, 5.74) is 4.63. The number of carbonyl (C=O) groups is 3. The first kappa shape index (κ1) is 18.5. The van der Waals surface area contributed by atoms with E-state index in [1.807, 2.05) is 0 Å². The van der Waals surface area contributed by atoms with Crippen molar-refractivity contribution in [1.82, 2.24) is 0 Å². The van der Waals surface area contributed by atoms with Gasteiger partial charge in [0, 0.05) is 5.41 Å². The number of nitrogens with two attached hydrogens (primary N) is 1. The zero-order valence-electron chi connectivity index (χ0n) is 13.7. The fourth-order valence-electron chi connectivity index (χ4n) is 1.49. The Labute approximate surface area is 134 Å². The molecular formula is C16H21NO6. The van der Waals surface area contributed by atoms with Gasteiger partial charge < -0.3 is 19.9 Å². The van der Waals surface area contributed by atoms with Crippen molar-refractivity contribution in [2.45, 2.75) is 20.8 Å². The quantitative estimate of drug-likeness (QED) is 0.759. The SMILES string of the molecule is COc1cc(C(=O)OCC(=O)C(C)(C)C)ccc1OCC(N)=O. The monoisotopic (exact) mass is 323 g/mol. The van der Waals surface area contributed by atoms with Crippen molar-refractivity contribution in [2.24, 2.45) is 11.1 Å². The molecule has 0 fully saturated rings. The number of carbonyl (C=O) groups excluding carboxylic acids is 3. The standard InChI is InChI=1S/C16H21NO6/c1-16(2,3)13(18)8-23-15(20)10-5-6-11(12(7-10)21-4)22-9-14(17)19/h5-7H,8-9H2,1-4H3,(H2,17,19). The molecule has 1 amide bonds. The summed E-state index contributed by atoms with van der Waals surface area (Å²) in [5.74, 6) is -0.936. The first-order valence-corrected chi connectivity index (χ1v) is 6.94. The molecule has 0 spiro atoms. The Morgan fingerprint density at radius 3 is 2.26 bits per heavy atom. The van der Waals surface area contributed by atoms with Crippen LogP contribution in [0.15, 0.2) is 18.2 Å². The topological polar surface area (TPSA) is 105 Å². The summed E-state index contributed by atoms with van der Waals surface area (Å²) in [6.45, 7) is 4.63. The molecule has 126 valence electrons. The van der Waals surface area contributed by atoms with Crippen LogP contribution in [-0.2, 0) is 14.3 Å². The number of hydrogen-bond acceptors (Lipinski definition) is 6. The average Bonchev–Trinajstić information content (AvgIpc) is 2.48. The molecule has 0 saturated heterocycles. The Morgan fingerprint density at radius 1 is 1.09 bits per heavy atom. The summed E-state index contributed by atoms with van der Waals surface area (Å²) >= 11 is 0. The van der Waals surface area contributed by atoms with Crippen molar-refractivity contribution in [3.63, 3.8) is 0 Å². The number of ketones is 1. The highest BCUT2D eigenvalue weighted by atomic mass is 16.5. The van der Waals surface area contributed by atoms with Crippen LogP contribution in [0.5, 0.6) is 11.5 Å². The van der Waals surface area contributed by atoms with Crippen LogP contribution in [0.4, 0.5) is 0 Å². The van der Waals surface area contributed by atoms with Crippen molar-refractivity contribution < 1.29 is 28.6 Å². The van der Waals surface area contributed by atoms with Gasteiger partial charge in [0.25, 0.3) is 5.91 Å². The Bertz CT molecular complexity index is 603. The molecule has 23 heavy (non-hydrogen) atoms. The van der Waals surface area contributed by atoms with Crippen LogP contribution >= 0.6 is 0 Å². The summed E-state index contributed by atoms with van der Waals surface area (Å²) in [4.78, 5) is 34.5. The molecule has 0 radical (unpaired) electrons. The third kappa shape index (κ3) is 5.61. The van der Waals surface area contributed by atoms with Crippen molar-refractivity contribution in [3.8, 4) is 11.5 Å². The molecule has 0 aromatic heterocycles. The molecule has 0 bridgehead atoms. The highest BCUT2D eigenvalue weighted by molar-refractivity contribution is 5.93. The third-order valence-electron chi connectivity index (χ3n) is 2.94. The third-order valence-corrected chi connectivity index (χ3v) is 2.94. The molecule has 0 saturated carbocycles. The van der Waals surface area contributed by atoms with Crippen LogP contribution in [0.3, 0.4) is 0 Å². The lowest BCUT2D eigenvalue weighted by Crippen LogP contribution is -2.26. The van der Waals surface area contributed by atoms with E-state index in [-0.39, 0.29) is 36.1 Å². The smallest absolute Gasteiger partial charge is 0.338 e. The van der Waals surface area contributed by atoms with Gasteiger partial charge >= 0.3 is 5.97 Å². The number of methoxy groups -OCH3 is 1. The van der Waals surface area contributed by atoms with E-state index in [4.69, 9.17) is 19.9 Å². The molecule has 0 aliphatic heterocycles. The van der Waals surface area contributed by atoms with Crippen molar-refractivity contribution in [3.05, 3.63) is 23.8 Å². The number of primary amides is 1. The second-order valence-corrected chi connectivity index (χ2v) is 5.87. The predicted octanol–water partition coefficient (Wildman–Crippen LogP) is 1.33. The Balaban J connectivity index is 2.78. The van der Waals surface area contributed by atoms with Gasteiger partial charge in [0.05, 0.1) is 12.7 Å². The number of ether oxygens (including phenoxy) is 3. The zero-order chi connectivity index (χ0) is 17.6. The van der Waals surface area contributed by atoms with E-state index in [0.717, 1.165) is 0 Å². The normalized spacial score (nSPS) is 10.8. The van der Waals surface area contributed by atoms with Gasteiger partial charge in [-0.05, 0) is 18.2 Å². The summed E-state index contributed by atoms with van der Waals surface area (Å²) in [6.07, 6.45) is 0. The van der Waals surface area contributed by atoms with Crippen LogP contribution in [-0.4, -0.2) is 38.0 Å². The minimum Gasteiger partial charge on any atom is -0.493 e. The van der Waals surface area contributed by atoms with E-state index in [9.17, 15) is 14.4 Å². The fourth-order valence-corrected chi connectivity index (χ4v) is 1.49. The minimum atomic E-state index is -0.651. The number of esters is 1. The molecule has 0 heterocycles. The lowest BCUT2D eigenvalue weighted by Gasteiger charge is -2.16. The molecule has 0 aliphatic rings. The second kappa shape index (κ2) is 7.62. The van der Waals surface area contributed by atoms with Gasteiger partial charge in [-0.15, -0.1) is 0 Å². The van der Waals surface area contributed by atoms with E-state index in [1.165, 1.54) is 25.3 Å². The van der Waals surface area contributed by atoms with Crippen LogP contribution in [0, 0.1) is 5.41 Å². The molecule has 0 aliphatic carbocycles. The number of benzene rings is 1. The van der Waals surface area contributed by atoms with E-state index in [0.29, 0.717) is 0 Å². The van der Waals surface area contributed by atoms with E-state index in [2.05, 4.69) is 0 Å². The maximum absolute atomic E-state index is 12.0. The molecule has 1 rings (SSSR count). The van der Waals surface area contributed by atoms with E-state index < -0.39 is 17.3 Å². The van der Waals surface area contributed by atoms with Crippen LogP contribution in [0.1, 0.15) is 31.1 Å². The van der Waals surface area contributed by atoms with Crippen molar-refractivity contribution in [2.75, 3.05) is 20.3 Å². The highest BCUT2D eigenvalue weighted by Crippen LogP contribution is 2.28. The van der Waals surface area contributed by atoms with E-state index in [1.54, 1.807) is 20.8 Å². The van der Waals surface area contributed by atoms with Gasteiger partial charge in [-0.2, -0.15) is 0 Å². The minimum absolute atomic E-state index is 0.181. The Morgan fingerprint density at radius 2 is 1.74 bits per heavy atom. The summed E-state index contributed by atoms with van der Waals surface area (Å²) in [6, 6.07) is 4.31. The molecule has 7 heteroatoms. The molecule has 1 aromatic carbocycles. The van der Waals surface area contributed by atoms with Gasteiger partial charge in [0.2, 0.25) is 0 Å². The zero-order valence-corrected chi connectivity index (χ0v) is 13.7. The lowest BCUT2D eigenvalue weighted by atomic mass is 9.91. The molecule has 7 nitrogen and oxygen atoms in total. The average molecular weight is 323 g/mol. The first-order valence-electron chi connectivity index (χ1n) is 6.94. The van der Waals surface area contributed by atoms with Crippen LogP contribution in [0.25, 0.3) is 0 Å². The second-order valence-electron chi connectivity index (χ2n) is 5.87.